The number of hydrogen-bond acceptors (Lipinski definition) is 4. The van der Waals surface area contributed by atoms with E-state index in [1.807, 2.05) is 51.1 Å². The summed E-state index contributed by atoms with van der Waals surface area (Å²) in [5, 5.41) is 8.64. The maximum Gasteiger partial charge on any atom is 0.275 e. The molecule has 26 heavy (non-hydrogen) atoms. The van der Waals surface area contributed by atoms with Crippen LogP contribution in [0.2, 0.25) is 0 Å². The molecule has 1 amide bonds. The molecule has 0 fully saturated rings. The fourth-order valence-electron chi connectivity index (χ4n) is 3.11. The van der Waals surface area contributed by atoms with Crippen molar-refractivity contribution in [2.24, 2.45) is 0 Å². The van der Waals surface area contributed by atoms with Gasteiger partial charge in [-0.3, -0.25) is 14.6 Å². The molecule has 0 aliphatic carbocycles. The Bertz CT molecular complexity index is 1010. The van der Waals surface area contributed by atoms with E-state index in [1.165, 1.54) is 4.68 Å². The van der Waals surface area contributed by atoms with Gasteiger partial charge in [-0.15, -0.1) is 0 Å². The summed E-state index contributed by atoms with van der Waals surface area (Å²) in [4.78, 5) is 29.5. The molecule has 0 aliphatic rings. The summed E-state index contributed by atoms with van der Waals surface area (Å²) in [5.74, 6) is -0.258. The van der Waals surface area contributed by atoms with Crippen LogP contribution in [0.5, 0.6) is 0 Å². The molecule has 3 rings (SSSR count). The SMILES string of the molecule is CC[C@@H](NC(=O)Cn1nc(C)c2ccccc2c1=O)c1ncccc1C. The van der Waals surface area contributed by atoms with Crippen molar-refractivity contribution in [3.8, 4) is 0 Å². The van der Waals surface area contributed by atoms with Crippen molar-refractivity contribution in [2.45, 2.75) is 39.8 Å². The quantitative estimate of drug-likeness (QED) is 0.767. The van der Waals surface area contributed by atoms with Gasteiger partial charge in [-0.2, -0.15) is 5.10 Å². The number of pyridine rings is 1. The van der Waals surface area contributed by atoms with Crippen LogP contribution in [0.4, 0.5) is 0 Å². The molecule has 0 unspecified atom stereocenters. The number of amides is 1. The molecule has 0 saturated carbocycles. The molecular formula is C20H22N4O2. The van der Waals surface area contributed by atoms with Gasteiger partial charge in [-0.25, -0.2) is 4.68 Å². The summed E-state index contributed by atoms with van der Waals surface area (Å²) in [6, 6.07) is 10.9. The van der Waals surface area contributed by atoms with Crippen LogP contribution in [0.15, 0.2) is 47.4 Å². The zero-order valence-corrected chi connectivity index (χ0v) is 15.2. The molecule has 0 saturated heterocycles. The fourth-order valence-corrected chi connectivity index (χ4v) is 3.11. The minimum Gasteiger partial charge on any atom is -0.346 e. The molecule has 1 atom stereocenters. The van der Waals surface area contributed by atoms with Gasteiger partial charge >= 0.3 is 0 Å². The van der Waals surface area contributed by atoms with Crippen molar-refractivity contribution < 1.29 is 4.79 Å². The third kappa shape index (κ3) is 3.49. The van der Waals surface area contributed by atoms with Crippen LogP contribution in [0.25, 0.3) is 10.8 Å². The molecule has 2 aromatic heterocycles. The second-order valence-electron chi connectivity index (χ2n) is 6.33. The minimum absolute atomic E-state index is 0.118. The molecule has 134 valence electrons. The number of nitrogens with zero attached hydrogens (tertiary/aromatic N) is 3. The Hall–Kier alpha value is -3.02. The summed E-state index contributed by atoms with van der Waals surface area (Å²) in [5.41, 5.74) is 2.33. The molecule has 0 aliphatic heterocycles. The Balaban J connectivity index is 1.84. The number of aryl methyl sites for hydroxylation is 2. The highest BCUT2D eigenvalue weighted by Crippen LogP contribution is 2.17. The molecule has 6 heteroatoms. The lowest BCUT2D eigenvalue weighted by Gasteiger charge is -2.18. The Labute approximate surface area is 151 Å². The van der Waals surface area contributed by atoms with Gasteiger partial charge in [0.05, 0.1) is 22.8 Å². The van der Waals surface area contributed by atoms with Gasteiger partial charge in [-0.05, 0) is 38.0 Å². The van der Waals surface area contributed by atoms with E-state index in [4.69, 9.17) is 0 Å². The number of benzene rings is 1. The van der Waals surface area contributed by atoms with E-state index in [1.54, 1.807) is 12.3 Å². The van der Waals surface area contributed by atoms with Crippen LogP contribution in [0, 0.1) is 13.8 Å². The third-order valence-corrected chi connectivity index (χ3v) is 4.47. The summed E-state index contributed by atoms with van der Waals surface area (Å²) >= 11 is 0. The third-order valence-electron chi connectivity index (χ3n) is 4.47. The van der Waals surface area contributed by atoms with Crippen LogP contribution in [0.3, 0.4) is 0 Å². The van der Waals surface area contributed by atoms with Gasteiger partial charge in [0.15, 0.2) is 0 Å². The largest absolute Gasteiger partial charge is 0.346 e. The number of rotatable bonds is 5. The average Bonchev–Trinajstić information content (AvgIpc) is 2.64. The Morgan fingerprint density at radius 2 is 1.88 bits per heavy atom. The highest BCUT2D eigenvalue weighted by Gasteiger charge is 2.17. The maximum atomic E-state index is 12.6. The van der Waals surface area contributed by atoms with Gasteiger partial charge in [0.1, 0.15) is 6.54 Å². The second kappa shape index (κ2) is 7.47. The van der Waals surface area contributed by atoms with Crippen LogP contribution >= 0.6 is 0 Å². The highest BCUT2D eigenvalue weighted by molar-refractivity contribution is 5.83. The molecular weight excluding hydrogens is 328 g/mol. The monoisotopic (exact) mass is 350 g/mol. The standard InChI is InChI=1S/C20H22N4O2/c1-4-17(19-13(2)8-7-11-21-19)22-18(25)12-24-20(26)16-10-6-5-9-15(16)14(3)23-24/h5-11,17H,4,12H2,1-3H3,(H,22,25)/t17-/m1/s1. The van der Waals surface area contributed by atoms with Crippen LogP contribution in [-0.4, -0.2) is 20.7 Å². The minimum atomic E-state index is -0.261. The zero-order valence-electron chi connectivity index (χ0n) is 15.2. The normalized spacial score (nSPS) is 12.1. The van der Waals surface area contributed by atoms with Gasteiger partial charge < -0.3 is 5.32 Å². The Morgan fingerprint density at radius 1 is 1.15 bits per heavy atom. The molecule has 0 bridgehead atoms. The van der Waals surface area contributed by atoms with E-state index >= 15 is 0 Å². The van der Waals surface area contributed by atoms with Crippen molar-refractivity contribution in [1.29, 1.82) is 0 Å². The second-order valence-corrected chi connectivity index (χ2v) is 6.33. The zero-order chi connectivity index (χ0) is 18.7. The number of hydrogen-bond donors (Lipinski definition) is 1. The number of carbonyl (C=O) groups is 1. The lowest BCUT2D eigenvalue weighted by atomic mass is 10.1. The first-order chi connectivity index (χ1) is 12.5. The molecule has 3 aromatic rings. The maximum absolute atomic E-state index is 12.6. The summed E-state index contributed by atoms with van der Waals surface area (Å²) in [6.07, 6.45) is 2.43. The van der Waals surface area contributed by atoms with Crippen LogP contribution < -0.4 is 10.9 Å². The van der Waals surface area contributed by atoms with Crippen molar-refractivity contribution in [1.82, 2.24) is 20.1 Å². The number of carbonyl (C=O) groups excluding carboxylic acids is 1. The topological polar surface area (TPSA) is 76.9 Å². The molecule has 1 aromatic carbocycles. The van der Waals surface area contributed by atoms with Crippen molar-refractivity contribution in [2.75, 3.05) is 0 Å². The molecule has 1 N–H and O–H groups in total. The first-order valence-electron chi connectivity index (χ1n) is 8.68. The first kappa shape index (κ1) is 17.8. The number of nitrogens with one attached hydrogen (secondary N) is 1. The van der Waals surface area contributed by atoms with E-state index in [0.29, 0.717) is 11.8 Å². The molecule has 0 spiro atoms. The molecule has 2 heterocycles. The Morgan fingerprint density at radius 3 is 2.58 bits per heavy atom. The average molecular weight is 350 g/mol. The van der Waals surface area contributed by atoms with Crippen molar-refractivity contribution in [3.63, 3.8) is 0 Å². The van der Waals surface area contributed by atoms with Gasteiger partial charge in [0, 0.05) is 11.6 Å². The fraction of sp³-hybridized carbons (Fsp3) is 0.300. The molecule has 6 nitrogen and oxygen atoms in total. The lowest BCUT2D eigenvalue weighted by molar-refractivity contribution is -0.122. The number of aromatic nitrogens is 3. The van der Waals surface area contributed by atoms with Crippen molar-refractivity contribution in [3.05, 3.63) is 69.9 Å². The van der Waals surface area contributed by atoms with E-state index in [0.717, 1.165) is 22.3 Å². The number of fused-ring (bicyclic) bond motifs is 1. The van der Waals surface area contributed by atoms with E-state index in [2.05, 4.69) is 15.4 Å². The summed E-state index contributed by atoms with van der Waals surface area (Å²) in [6.45, 7) is 5.68. The van der Waals surface area contributed by atoms with E-state index < -0.39 is 0 Å². The van der Waals surface area contributed by atoms with Crippen LogP contribution in [0.1, 0.15) is 36.3 Å². The van der Waals surface area contributed by atoms with Crippen molar-refractivity contribution >= 4 is 16.7 Å². The van der Waals surface area contributed by atoms with Gasteiger partial charge in [0.25, 0.3) is 5.56 Å². The smallest absolute Gasteiger partial charge is 0.275 e. The van der Waals surface area contributed by atoms with E-state index in [-0.39, 0.29) is 24.1 Å². The first-order valence-corrected chi connectivity index (χ1v) is 8.68. The summed E-state index contributed by atoms with van der Waals surface area (Å²) in [7, 11) is 0. The van der Waals surface area contributed by atoms with Crippen LogP contribution in [-0.2, 0) is 11.3 Å². The highest BCUT2D eigenvalue weighted by atomic mass is 16.2. The van der Waals surface area contributed by atoms with E-state index in [9.17, 15) is 9.59 Å². The Kier molecular flexibility index (Phi) is 5.11. The summed E-state index contributed by atoms with van der Waals surface area (Å²) < 4.78 is 1.23. The molecule has 0 radical (unpaired) electrons. The van der Waals surface area contributed by atoms with Gasteiger partial charge in [-0.1, -0.05) is 31.2 Å². The predicted molar refractivity (Wildman–Crippen MR) is 101 cm³/mol. The lowest BCUT2D eigenvalue weighted by Crippen LogP contribution is -2.36. The van der Waals surface area contributed by atoms with Gasteiger partial charge in [0.2, 0.25) is 5.91 Å². The predicted octanol–water partition coefficient (Wildman–Crippen LogP) is 2.68.